The Kier molecular flexibility index (Phi) is 6.01. The first-order valence-corrected chi connectivity index (χ1v) is 9.75. The normalized spacial score (nSPS) is 18.3. The van der Waals surface area contributed by atoms with Gasteiger partial charge < -0.3 is 10.6 Å². The van der Waals surface area contributed by atoms with E-state index in [1.54, 1.807) is 0 Å². The molecule has 1 aliphatic heterocycles. The van der Waals surface area contributed by atoms with Crippen molar-refractivity contribution >= 4 is 16.1 Å². The number of rotatable bonds is 5. The highest BCUT2D eigenvalue weighted by Gasteiger charge is 2.25. The van der Waals surface area contributed by atoms with Crippen LogP contribution in [0.1, 0.15) is 31.4 Å². The van der Waals surface area contributed by atoms with E-state index in [1.807, 2.05) is 37.3 Å². The lowest BCUT2D eigenvalue weighted by Gasteiger charge is -2.30. The van der Waals surface area contributed by atoms with E-state index < -0.39 is 10.0 Å². The Morgan fingerprint density at radius 1 is 1.26 bits per heavy atom. The summed E-state index contributed by atoms with van der Waals surface area (Å²) in [7, 11) is -3.09. The second-order valence-electron chi connectivity index (χ2n) is 6.09. The number of hydrogen-bond donors (Lipinski definition) is 2. The molecule has 128 valence electrons. The fourth-order valence-electron chi connectivity index (χ4n) is 2.75. The molecule has 6 nitrogen and oxygen atoms in total. The molecule has 2 N–H and O–H groups in total. The van der Waals surface area contributed by atoms with Gasteiger partial charge in [0.1, 0.15) is 0 Å². The van der Waals surface area contributed by atoms with Gasteiger partial charge in [-0.15, -0.1) is 0 Å². The Morgan fingerprint density at radius 3 is 2.43 bits per heavy atom. The van der Waals surface area contributed by atoms with E-state index in [2.05, 4.69) is 10.6 Å². The van der Waals surface area contributed by atoms with E-state index in [9.17, 15) is 13.2 Å². The lowest BCUT2D eigenvalue weighted by Crippen LogP contribution is -2.43. The maximum Gasteiger partial charge on any atom is 0.315 e. The lowest BCUT2D eigenvalue weighted by molar-refractivity contribution is 0.228. The van der Waals surface area contributed by atoms with Crippen LogP contribution in [0, 0.1) is 5.92 Å². The first-order valence-electron chi connectivity index (χ1n) is 7.90. The third kappa shape index (κ3) is 5.51. The van der Waals surface area contributed by atoms with Crippen molar-refractivity contribution in [2.24, 2.45) is 5.92 Å². The Labute approximate surface area is 138 Å². The van der Waals surface area contributed by atoms with Crippen LogP contribution < -0.4 is 10.6 Å². The summed E-state index contributed by atoms with van der Waals surface area (Å²) in [4.78, 5) is 12.0. The molecule has 2 rings (SSSR count). The maximum atomic E-state index is 12.0. The van der Waals surface area contributed by atoms with Gasteiger partial charge in [0.05, 0.1) is 12.3 Å². The van der Waals surface area contributed by atoms with Gasteiger partial charge in [0, 0.05) is 19.6 Å². The Morgan fingerprint density at radius 2 is 1.87 bits per heavy atom. The maximum absolute atomic E-state index is 12.0. The average Bonchev–Trinajstić information content (AvgIpc) is 2.53. The monoisotopic (exact) mass is 339 g/mol. The van der Waals surface area contributed by atoms with Crippen LogP contribution in [0.4, 0.5) is 4.79 Å². The first-order chi connectivity index (χ1) is 10.9. The van der Waals surface area contributed by atoms with Crippen molar-refractivity contribution in [3.05, 3.63) is 35.9 Å². The summed E-state index contributed by atoms with van der Waals surface area (Å²) in [5.41, 5.74) is 1.06. The zero-order valence-corrected chi connectivity index (χ0v) is 14.5. The summed E-state index contributed by atoms with van der Waals surface area (Å²) in [6.07, 6.45) is 2.80. The zero-order valence-electron chi connectivity index (χ0n) is 13.7. The third-order valence-electron chi connectivity index (χ3n) is 4.24. The molecule has 0 radical (unpaired) electrons. The van der Waals surface area contributed by atoms with Crippen LogP contribution in [0.15, 0.2) is 30.3 Å². The molecule has 1 heterocycles. The molecule has 0 saturated carbocycles. The second-order valence-corrected chi connectivity index (χ2v) is 8.07. The van der Waals surface area contributed by atoms with Gasteiger partial charge in [0.25, 0.3) is 0 Å². The van der Waals surface area contributed by atoms with Crippen LogP contribution in [0.5, 0.6) is 0 Å². The summed E-state index contributed by atoms with van der Waals surface area (Å²) >= 11 is 0. The highest BCUT2D eigenvalue weighted by molar-refractivity contribution is 7.88. The summed E-state index contributed by atoms with van der Waals surface area (Å²) in [6, 6.07) is 9.55. The van der Waals surface area contributed by atoms with Crippen LogP contribution in [0.2, 0.25) is 0 Å². The fourth-order valence-corrected chi connectivity index (χ4v) is 3.63. The van der Waals surface area contributed by atoms with Gasteiger partial charge in [0.2, 0.25) is 10.0 Å². The smallest absolute Gasteiger partial charge is 0.315 e. The number of amides is 2. The number of nitrogens with one attached hydrogen (secondary N) is 2. The number of nitrogens with zero attached hydrogens (tertiary/aromatic N) is 1. The molecule has 2 amide bonds. The topological polar surface area (TPSA) is 78.5 Å². The minimum absolute atomic E-state index is 0.0525. The molecule has 0 unspecified atom stereocenters. The van der Waals surface area contributed by atoms with Gasteiger partial charge in [-0.25, -0.2) is 17.5 Å². The van der Waals surface area contributed by atoms with Crippen molar-refractivity contribution in [3.63, 3.8) is 0 Å². The highest BCUT2D eigenvalue weighted by Crippen LogP contribution is 2.18. The van der Waals surface area contributed by atoms with Crippen molar-refractivity contribution < 1.29 is 13.2 Å². The van der Waals surface area contributed by atoms with Crippen molar-refractivity contribution in [2.75, 3.05) is 25.9 Å². The zero-order chi connectivity index (χ0) is 16.9. The van der Waals surface area contributed by atoms with Crippen LogP contribution >= 0.6 is 0 Å². The second kappa shape index (κ2) is 7.79. The minimum Gasteiger partial charge on any atom is -0.338 e. The molecule has 23 heavy (non-hydrogen) atoms. The molecule has 0 aliphatic carbocycles. The molecule has 0 spiro atoms. The van der Waals surface area contributed by atoms with Crippen LogP contribution in [0.25, 0.3) is 0 Å². The number of hydrogen-bond acceptors (Lipinski definition) is 3. The summed E-state index contributed by atoms with van der Waals surface area (Å²) in [6.45, 7) is 3.59. The summed E-state index contributed by atoms with van der Waals surface area (Å²) < 4.78 is 24.4. The third-order valence-corrected chi connectivity index (χ3v) is 5.54. The van der Waals surface area contributed by atoms with Gasteiger partial charge in [0.15, 0.2) is 0 Å². The fraction of sp³-hybridized carbons (Fsp3) is 0.562. The molecule has 1 atom stereocenters. The molecule has 1 saturated heterocycles. The summed E-state index contributed by atoms with van der Waals surface area (Å²) in [5, 5.41) is 5.80. The molecule has 1 aromatic carbocycles. The number of piperidine rings is 1. The van der Waals surface area contributed by atoms with E-state index in [1.165, 1.54) is 10.6 Å². The Hall–Kier alpha value is -1.60. The van der Waals surface area contributed by atoms with E-state index in [0.29, 0.717) is 25.6 Å². The largest absolute Gasteiger partial charge is 0.338 e. The lowest BCUT2D eigenvalue weighted by atomic mass is 9.98. The van der Waals surface area contributed by atoms with E-state index in [4.69, 9.17) is 0 Å². The predicted molar refractivity (Wildman–Crippen MR) is 90.5 cm³/mol. The number of carbonyl (C=O) groups is 1. The molecule has 1 aliphatic rings. The molecular formula is C16H25N3O3S. The van der Waals surface area contributed by atoms with E-state index in [-0.39, 0.29) is 12.1 Å². The SMILES string of the molecule is C[C@H](NC(=O)NCC1CCN(S(C)(=O)=O)CC1)c1ccccc1. The van der Waals surface area contributed by atoms with Gasteiger partial charge in [-0.05, 0) is 31.2 Å². The average molecular weight is 339 g/mol. The Bertz CT molecular complexity index is 611. The Balaban J connectivity index is 1.71. The quantitative estimate of drug-likeness (QED) is 0.857. The van der Waals surface area contributed by atoms with Gasteiger partial charge in [-0.3, -0.25) is 0 Å². The van der Waals surface area contributed by atoms with Crippen LogP contribution in [0.3, 0.4) is 0 Å². The molecule has 1 aromatic rings. The van der Waals surface area contributed by atoms with Gasteiger partial charge in [-0.2, -0.15) is 0 Å². The van der Waals surface area contributed by atoms with Crippen molar-refractivity contribution in [3.8, 4) is 0 Å². The van der Waals surface area contributed by atoms with E-state index in [0.717, 1.165) is 18.4 Å². The van der Waals surface area contributed by atoms with Gasteiger partial charge >= 0.3 is 6.03 Å². The molecule has 7 heteroatoms. The molecule has 1 fully saturated rings. The minimum atomic E-state index is -3.09. The molecular weight excluding hydrogens is 314 g/mol. The number of urea groups is 1. The van der Waals surface area contributed by atoms with E-state index >= 15 is 0 Å². The van der Waals surface area contributed by atoms with Crippen LogP contribution in [-0.4, -0.2) is 44.6 Å². The molecule has 0 bridgehead atoms. The van der Waals surface area contributed by atoms with Crippen molar-refractivity contribution in [2.45, 2.75) is 25.8 Å². The first kappa shape index (κ1) is 17.7. The van der Waals surface area contributed by atoms with Crippen LogP contribution in [-0.2, 0) is 10.0 Å². The summed E-state index contributed by atoms with van der Waals surface area (Å²) in [5.74, 6) is 0.325. The van der Waals surface area contributed by atoms with Crippen molar-refractivity contribution in [1.29, 1.82) is 0 Å². The van der Waals surface area contributed by atoms with Gasteiger partial charge in [-0.1, -0.05) is 30.3 Å². The molecule has 0 aromatic heterocycles. The number of carbonyl (C=O) groups excluding carboxylic acids is 1. The number of sulfonamides is 1. The highest BCUT2D eigenvalue weighted by atomic mass is 32.2. The van der Waals surface area contributed by atoms with Crippen molar-refractivity contribution in [1.82, 2.24) is 14.9 Å². The standard InChI is InChI=1S/C16H25N3O3S/c1-13(15-6-4-3-5-7-15)18-16(20)17-12-14-8-10-19(11-9-14)23(2,21)22/h3-7,13-14H,8-12H2,1-2H3,(H2,17,18,20)/t13-/m0/s1. The predicted octanol–water partition coefficient (Wildman–Crippen LogP) is 1.72. The number of benzene rings is 1.